The smallest absolute Gasteiger partial charge is 0.261 e. The number of imide groups is 1. The van der Waals surface area contributed by atoms with Crippen molar-refractivity contribution < 1.29 is 9.59 Å². The molecule has 0 fully saturated rings. The van der Waals surface area contributed by atoms with Crippen LogP contribution in [0.4, 0.5) is 0 Å². The topological polar surface area (TPSA) is 76.1 Å². The van der Waals surface area contributed by atoms with Crippen molar-refractivity contribution in [3.05, 3.63) is 96.3 Å². The van der Waals surface area contributed by atoms with E-state index in [1.807, 2.05) is 48.5 Å². The molecule has 0 radical (unpaired) electrons. The van der Waals surface area contributed by atoms with Gasteiger partial charge in [-0.1, -0.05) is 24.3 Å². The van der Waals surface area contributed by atoms with Gasteiger partial charge in [0.1, 0.15) is 0 Å². The monoisotopic (exact) mass is 452 g/mol. The van der Waals surface area contributed by atoms with Crippen molar-refractivity contribution in [2.45, 2.75) is 11.3 Å². The number of pyridine rings is 3. The summed E-state index contributed by atoms with van der Waals surface area (Å²) in [6, 6.07) is 22.5. The predicted octanol–water partition coefficient (Wildman–Crippen LogP) is 4.98. The lowest BCUT2D eigenvalue weighted by molar-refractivity contribution is 0.0655. The molecule has 0 spiro atoms. The minimum absolute atomic E-state index is 0.209. The van der Waals surface area contributed by atoms with Crippen LogP contribution in [0.2, 0.25) is 0 Å². The zero-order valence-electron chi connectivity index (χ0n) is 17.7. The van der Waals surface area contributed by atoms with E-state index >= 15 is 0 Å². The van der Waals surface area contributed by atoms with Gasteiger partial charge in [0.2, 0.25) is 0 Å². The number of benzene rings is 1. The molecule has 1 aromatic carbocycles. The van der Waals surface area contributed by atoms with Gasteiger partial charge in [0.15, 0.2) is 0 Å². The number of fused-ring (bicyclic) bond motifs is 1. The molecule has 2 amide bonds. The van der Waals surface area contributed by atoms with E-state index in [0.29, 0.717) is 24.1 Å². The zero-order valence-corrected chi connectivity index (χ0v) is 18.5. The summed E-state index contributed by atoms with van der Waals surface area (Å²) in [5, 5.41) is 0. The van der Waals surface area contributed by atoms with Crippen molar-refractivity contribution in [2.75, 3.05) is 12.3 Å². The third-order valence-electron chi connectivity index (χ3n) is 5.33. The summed E-state index contributed by atoms with van der Waals surface area (Å²) in [5.41, 5.74) is 4.13. The molecule has 5 rings (SSSR count). The summed E-state index contributed by atoms with van der Waals surface area (Å²) in [7, 11) is 0. The number of carbonyl (C=O) groups is 2. The van der Waals surface area contributed by atoms with Gasteiger partial charge in [-0.05, 0) is 60.7 Å². The SMILES string of the molecule is O=C1c2ccccc2C(=O)N1CCCSc1cc(-c2ccccn2)nc(-c2ccccn2)c1. The maximum atomic E-state index is 12.6. The van der Waals surface area contributed by atoms with Crippen LogP contribution in [0.25, 0.3) is 22.8 Å². The van der Waals surface area contributed by atoms with Gasteiger partial charge in [-0.15, -0.1) is 11.8 Å². The van der Waals surface area contributed by atoms with E-state index in [9.17, 15) is 9.59 Å². The maximum Gasteiger partial charge on any atom is 0.261 e. The Morgan fingerprint density at radius 3 is 1.76 bits per heavy atom. The van der Waals surface area contributed by atoms with Crippen molar-refractivity contribution in [1.29, 1.82) is 0 Å². The van der Waals surface area contributed by atoms with Gasteiger partial charge >= 0.3 is 0 Å². The number of hydrogen-bond donors (Lipinski definition) is 0. The third-order valence-corrected chi connectivity index (χ3v) is 6.39. The van der Waals surface area contributed by atoms with Crippen molar-refractivity contribution in [3.8, 4) is 22.8 Å². The molecule has 1 aliphatic rings. The number of carbonyl (C=O) groups excluding carboxylic acids is 2. The number of rotatable bonds is 7. The van der Waals surface area contributed by atoms with Gasteiger partial charge in [0.05, 0.1) is 33.9 Å². The van der Waals surface area contributed by atoms with Crippen molar-refractivity contribution in [1.82, 2.24) is 19.9 Å². The lowest BCUT2D eigenvalue weighted by Crippen LogP contribution is -2.30. The molecule has 0 N–H and O–H groups in total. The van der Waals surface area contributed by atoms with Crippen LogP contribution in [-0.2, 0) is 0 Å². The van der Waals surface area contributed by atoms with E-state index in [4.69, 9.17) is 4.98 Å². The van der Waals surface area contributed by atoms with Crippen LogP contribution in [0.15, 0.2) is 90.1 Å². The van der Waals surface area contributed by atoms with Gasteiger partial charge in [-0.2, -0.15) is 0 Å². The van der Waals surface area contributed by atoms with Crippen LogP contribution < -0.4 is 0 Å². The first kappa shape index (κ1) is 21.0. The summed E-state index contributed by atoms with van der Waals surface area (Å²) >= 11 is 1.66. The zero-order chi connectivity index (χ0) is 22.6. The molecule has 1 aliphatic heterocycles. The summed E-state index contributed by atoms with van der Waals surface area (Å²) in [6.07, 6.45) is 4.19. The van der Waals surface area contributed by atoms with E-state index in [2.05, 4.69) is 9.97 Å². The molecule has 33 heavy (non-hydrogen) atoms. The fourth-order valence-electron chi connectivity index (χ4n) is 3.73. The van der Waals surface area contributed by atoms with Crippen LogP contribution in [0, 0.1) is 0 Å². The standard InChI is InChI=1S/C26H20N4O2S/c31-25-19-8-1-2-9-20(19)26(32)30(25)14-7-15-33-18-16-23(21-10-3-5-12-27-21)29-24(17-18)22-11-4-6-13-28-22/h1-6,8-13,16-17H,7,14-15H2. The summed E-state index contributed by atoms with van der Waals surface area (Å²) in [5.74, 6) is 0.333. The van der Waals surface area contributed by atoms with Gasteiger partial charge in [0, 0.05) is 23.8 Å². The number of hydrogen-bond acceptors (Lipinski definition) is 6. The second-order valence-corrected chi connectivity index (χ2v) is 8.68. The molecule has 7 heteroatoms. The molecule has 0 atom stereocenters. The van der Waals surface area contributed by atoms with Crippen LogP contribution in [0.3, 0.4) is 0 Å². The molecular formula is C26H20N4O2S. The molecule has 3 aromatic heterocycles. The molecule has 0 unspecified atom stereocenters. The average molecular weight is 453 g/mol. The molecule has 6 nitrogen and oxygen atoms in total. The lowest BCUT2D eigenvalue weighted by atomic mass is 10.1. The summed E-state index contributed by atoms with van der Waals surface area (Å²) in [4.78, 5) is 41.1. The molecule has 0 bridgehead atoms. The van der Waals surface area contributed by atoms with Crippen LogP contribution in [0.5, 0.6) is 0 Å². The second-order valence-electron chi connectivity index (χ2n) is 7.51. The molecule has 4 aromatic rings. The highest BCUT2D eigenvalue weighted by atomic mass is 32.2. The van der Waals surface area contributed by atoms with Crippen molar-refractivity contribution in [2.24, 2.45) is 0 Å². The lowest BCUT2D eigenvalue weighted by Gasteiger charge is -2.13. The quantitative estimate of drug-likeness (QED) is 0.224. The van der Waals surface area contributed by atoms with Gasteiger partial charge in [0.25, 0.3) is 11.8 Å². The first-order valence-corrected chi connectivity index (χ1v) is 11.6. The summed E-state index contributed by atoms with van der Waals surface area (Å²) < 4.78 is 0. The maximum absolute atomic E-state index is 12.6. The predicted molar refractivity (Wildman–Crippen MR) is 128 cm³/mol. The fraction of sp³-hybridized carbons (Fsp3) is 0.115. The Labute approximate surface area is 195 Å². The molecular weight excluding hydrogens is 432 g/mol. The fourth-order valence-corrected chi connectivity index (χ4v) is 4.63. The van der Waals surface area contributed by atoms with E-state index in [0.717, 1.165) is 33.4 Å². The highest BCUT2D eigenvalue weighted by Crippen LogP contribution is 2.29. The van der Waals surface area contributed by atoms with Gasteiger partial charge in [-0.25, -0.2) is 4.98 Å². The van der Waals surface area contributed by atoms with Gasteiger partial charge < -0.3 is 0 Å². The molecule has 0 saturated heterocycles. The van der Waals surface area contributed by atoms with Crippen molar-refractivity contribution >= 4 is 23.6 Å². The molecule has 0 aliphatic carbocycles. The summed E-state index contributed by atoms with van der Waals surface area (Å²) in [6.45, 7) is 0.393. The Kier molecular flexibility index (Phi) is 5.95. The highest BCUT2D eigenvalue weighted by molar-refractivity contribution is 7.99. The number of nitrogens with zero attached hydrogens (tertiary/aromatic N) is 4. The first-order chi connectivity index (χ1) is 16.2. The molecule has 162 valence electrons. The van der Waals surface area contributed by atoms with Crippen LogP contribution >= 0.6 is 11.8 Å². The average Bonchev–Trinajstić information content (AvgIpc) is 3.12. The number of amides is 2. The molecule has 4 heterocycles. The first-order valence-electron chi connectivity index (χ1n) is 10.6. The second kappa shape index (κ2) is 9.34. The van der Waals surface area contributed by atoms with E-state index in [-0.39, 0.29) is 11.8 Å². The highest BCUT2D eigenvalue weighted by Gasteiger charge is 2.34. The Morgan fingerprint density at radius 1 is 0.697 bits per heavy atom. The van der Waals surface area contributed by atoms with E-state index in [1.54, 1.807) is 48.4 Å². The minimum Gasteiger partial charge on any atom is -0.274 e. The minimum atomic E-state index is -0.209. The van der Waals surface area contributed by atoms with Crippen LogP contribution in [-0.4, -0.2) is 44.0 Å². The van der Waals surface area contributed by atoms with Crippen LogP contribution in [0.1, 0.15) is 27.1 Å². The van der Waals surface area contributed by atoms with Crippen molar-refractivity contribution in [3.63, 3.8) is 0 Å². The Hall–Kier alpha value is -3.84. The van der Waals surface area contributed by atoms with Gasteiger partial charge in [-0.3, -0.25) is 24.5 Å². The number of aromatic nitrogens is 3. The Balaban J connectivity index is 1.30. The number of thioether (sulfide) groups is 1. The normalized spacial score (nSPS) is 12.8. The largest absolute Gasteiger partial charge is 0.274 e. The third kappa shape index (κ3) is 4.40. The van der Waals surface area contributed by atoms with E-state index < -0.39 is 0 Å². The van der Waals surface area contributed by atoms with E-state index in [1.165, 1.54) is 4.90 Å². The Bertz CT molecular complexity index is 1220. The Morgan fingerprint density at radius 2 is 1.24 bits per heavy atom. The molecule has 0 saturated carbocycles.